The fourth-order valence-corrected chi connectivity index (χ4v) is 4.09. The van der Waals surface area contributed by atoms with Crippen molar-refractivity contribution in [1.29, 1.82) is 0 Å². The highest BCUT2D eigenvalue weighted by Crippen LogP contribution is 2.21. The average molecular weight is 645 g/mol. The number of ether oxygens (including phenoxy) is 4. The molecule has 0 aliphatic heterocycles. The summed E-state index contributed by atoms with van der Waals surface area (Å²) < 4.78 is 21.9. The quantitative estimate of drug-likeness (QED) is 0.104. The van der Waals surface area contributed by atoms with Crippen LogP contribution in [0.4, 0.5) is 0 Å². The van der Waals surface area contributed by atoms with Crippen LogP contribution in [0.1, 0.15) is 93.9 Å². The van der Waals surface area contributed by atoms with Gasteiger partial charge in [-0.1, -0.05) is 55.4 Å². The lowest BCUT2D eigenvalue weighted by molar-refractivity contribution is -0.135. The van der Waals surface area contributed by atoms with Crippen molar-refractivity contribution in [3.8, 4) is 0 Å². The van der Waals surface area contributed by atoms with E-state index in [0.29, 0.717) is 72.2 Å². The number of nitrogens with two attached hydrogens (primary N) is 1. The Bertz CT molecular complexity index is 840. The lowest BCUT2D eigenvalue weighted by atomic mass is 9.84. The van der Waals surface area contributed by atoms with E-state index in [9.17, 15) is 19.2 Å². The van der Waals surface area contributed by atoms with Crippen LogP contribution in [-0.2, 0) is 38.1 Å². The monoisotopic (exact) mass is 644 g/mol. The van der Waals surface area contributed by atoms with Gasteiger partial charge in [0.05, 0.1) is 58.9 Å². The fourth-order valence-electron chi connectivity index (χ4n) is 4.09. The summed E-state index contributed by atoms with van der Waals surface area (Å²) in [5, 5.41) is 8.52. The third-order valence-corrected chi connectivity index (χ3v) is 6.84. The predicted octanol–water partition coefficient (Wildman–Crippen LogP) is 2.76. The lowest BCUT2D eigenvalue weighted by Gasteiger charge is -2.28. The van der Waals surface area contributed by atoms with E-state index in [1.807, 2.05) is 34.6 Å². The highest BCUT2D eigenvalue weighted by molar-refractivity contribution is 5.94. The molecule has 0 bridgehead atoms. The highest BCUT2D eigenvalue weighted by Gasteiger charge is 2.33. The number of carbonyl (C=O) groups excluding carboxylic acids is 4. The number of nitrogens with one attached hydrogen (secondary N) is 3. The second kappa shape index (κ2) is 24.1. The highest BCUT2D eigenvalue weighted by atomic mass is 16.6. The molecule has 0 heterocycles. The van der Waals surface area contributed by atoms with E-state index < -0.39 is 17.5 Å². The zero-order valence-electron chi connectivity index (χ0n) is 29.4. The molecule has 0 spiro atoms. The Kier molecular flexibility index (Phi) is 23.0. The van der Waals surface area contributed by atoms with E-state index >= 15 is 0 Å². The van der Waals surface area contributed by atoms with Gasteiger partial charge in [0.1, 0.15) is 6.04 Å². The van der Waals surface area contributed by atoms with E-state index in [2.05, 4.69) is 36.7 Å². The van der Waals surface area contributed by atoms with E-state index in [4.69, 9.17) is 24.7 Å². The molecule has 0 saturated carbocycles. The van der Waals surface area contributed by atoms with Gasteiger partial charge in [-0.25, -0.2) is 0 Å². The molecule has 2 atom stereocenters. The summed E-state index contributed by atoms with van der Waals surface area (Å²) >= 11 is 0. The predicted molar refractivity (Wildman–Crippen MR) is 176 cm³/mol. The molecule has 0 aliphatic carbocycles. The second-order valence-corrected chi connectivity index (χ2v) is 13.9. The van der Waals surface area contributed by atoms with Crippen molar-refractivity contribution in [2.45, 2.75) is 106 Å². The molecule has 5 N–H and O–H groups in total. The van der Waals surface area contributed by atoms with Crippen molar-refractivity contribution in [2.24, 2.45) is 22.5 Å². The number of amides is 3. The number of carbonyl (C=O) groups is 4. The Balaban J connectivity index is 4.05. The molecule has 0 radical (unpaired) electrons. The summed E-state index contributed by atoms with van der Waals surface area (Å²) in [6.07, 6.45) is 3.47. The Morgan fingerprint density at radius 1 is 0.689 bits per heavy atom. The summed E-state index contributed by atoms with van der Waals surface area (Å²) in [5.74, 6) is -0.832. The molecule has 0 aromatic heterocycles. The van der Waals surface area contributed by atoms with E-state index in [0.717, 1.165) is 19.3 Å². The second-order valence-electron chi connectivity index (χ2n) is 13.9. The van der Waals surface area contributed by atoms with Crippen LogP contribution < -0.4 is 21.7 Å². The normalized spacial score (nSPS) is 13.4. The summed E-state index contributed by atoms with van der Waals surface area (Å²) in [6.45, 7) is 19.6. The van der Waals surface area contributed by atoms with Crippen LogP contribution in [0.5, 0.6) is 0 Å². The first kappa shape index (κ1) is 42.9. The van der Waals surface area contributed by atoms with Crippen molar-refractivity contribution in [3.63, 3.8) is 0 Å². The molecule has 12 nitrogen and oxygen atoms in total. The zero-order chi connectivity index (χ0) is 34.3. The minimum atomic E-state index is -0.764. The van der Waals surface area contributed by atoms with Gasteiger partial charge in [-0.15, -0.1) is 0 Å². The van der Waals surface area contributed by atoms with Gasteiger partial charge in [0, 0.05) is 24.8 Å². The van der Waals surface area contributed by atoms with E-state index in [1.54, 1.807) is 0 Å². The van der Waals surface area contributed by atoms with Crippen molar-refractivity contribution in [2.75, 3.05) is 65.9 Å². The first-order chi connectivity index (χ1) is 21.1. The van der Waals surface area contributed by atoms with Crippen LogP contribution >= 0.6 is 0 Å². The van der Waals surface area contributed by atoms with Crippen LogP contribution in [0.25, 0.3) is 0 Å². The Morgan fingerprint density at radius 2 is 1.22 bits per heavy atom. The van der Waals surface area contributed by atoms with E-state index in [-0.39, 0.29) is 47.9 Å². The maximum atomic E-state index is 13.1. The Morgan fingerprint density at radius 3 is 1.71 bits per heavy atom. The molecule has 0 aromatic carbocycles. The third-order valence-electron chi connectivity index (χ3n) is 6.84. The van der Waals surface area contributed by atoms with Gasteiger partial charge in [-0.3, -0.25) is 19.2 Å². The molecule has 0 unspecified atom stereocenters. The fraction of sp³-hybridized carbons (Fsp3) is 0.879. The van der Waals surface area contributed by atoms with Gasteiger partial charge >= 0.3 is 0 Å². The van der Waals surface area contributed by atoms with Gasteiger partial charge in [-0.05, 0) is 43.6 Å². The number of rotatable bonds is 26. The molecular weight excluding hydrogens is 580 g/mol. The van der Waals surface area contributed by atoms with Crippen molar-refractivity contribution in [1.82, 2.24) is 16.0 Å². The summed E-state index contributed by atoms with van der Waals surface area (Å²) in [4.78, 5) is 50.3. The number of hydrogen-bond donors (Lipinski definition) is 4. The molecule has 0 aliphatic rings. The minimum absolute atomic E-state index is 0.0430. The zero-order valence-corrected chi connectivity index (χ0v) is 29.4. The minimum Gasteiger partial charge on any atom is -0.379 e. The lowest BCUT2D eigenvalue weighted by Crippen LogP contribution is -2.55. The van der Waals surface area contributed by atoms with Crippen molar-refractivity contribution < 1.29 is 38.1 Å². The van der Waals surface area contributed by atoms with Crippen LogP contribution in [0, 0.1) is 16.7 Å². The molecule has 0 rings (SSSR count). The molecule has 45 heavy (non-hydrogen) atoms. The molecule has 3 amide bonds. The van der Waals surface area contributed by atoms with Crippen molar-refractivity contribution in [3.05, 3.63) is 0 Å². The molecular formula is C33H64N4O8. The number of hydrogen-bond acceptors (Lipinski definition) is 9. The van der Waals surface area contributed by atoms with Gasteiger partial charge in [0.2, 0.25) is 17.7 Å². The average Bonchev–Trinajstić information content (AvgIpc) is 2.94. The molecule has 0 aromatic rings. The summed E-state index contributed by atoms with van der Waals surface area (Å²) in [5.41, 5.74) is 5.14. The van der Waals surface area contributed by atoms with E-state index in [1.165, 1.54) is 0 Å². The molecule has 0 fully saturated rings. The standard InChI is InChI=1S/C33H64N4O8/c1-25(2)29(31(41)36-26(11-9-10-15-34)30(40)33(6,7)8)37-28(39)13-17-42-19-21-44-23-24-45-22-20-43-18-16-35-27(38)12-14-32(3,4)5/h25-26,29H,9-24,34H2,1-8H3,(H,35,38)(H,36,41)(H,37,39)/t26-,29-/m0/s1. The molecule has 12 heteroatoms. The van der Waals surface area contributed by atoms with Crippen LogP contribution in [0.2, 0.25) is 0 Å². The maximum Gasteiger partial charge on any atom is 0.243 e. The molecule has 264 valence electrons. The Labute approximate surface area is 272 Å². The van der Waals surface area contributed by atoms with Crippen LogP contribution in [0.3, 0.4) is 0 Å². The van der Waals surface area contributed by atoms with Crippen molar-refractivity contribution >= 4 is 23.5 Å². The number of unbranched alkanes of at least 4 members (excludes halogenated alkanes) is 1. The summed E-state index contributed by atoms with van der Waals surface area (Å²) in [6, 6.07) is -1.39. The van der Waals surface area contributed by atoms with Crippen LogP contribution in [0.15, 0.2) is 0 Å². The Hall–Kier alpha value is -2.12. The SMILES string of the molecule is CC(C)[C@H](NC(=O)CCOCCOCCOCCOCCNC(=O)CCC(C)(C)C)C(=O)N[C@@H](CCCCN)C(=O)C(C)(C)C. The largest absolute Gasteiger partial charge is 0.379 e. The number of ketones is 1. The first-order valence-electron chi connectivity index (χ1n) is 16.5. The summed E-state index contributed by atoms with van der Waals surface area (Å²) in [7, 11) is 0. The van der Waals surface area contributed by atoms with Gasteiger partial charge in [0.25, 0.3) is 0 Å². The van der Waals surface area contributed by atoms with Crippen LogP contribution in [-0.4, -0.2) is 102 Å². The number of Topliss-reactive ketones (excluding diaryl/α,β-unsaturated/α-hetero) is 1. The smallest absolute Gasteiger partial charge is 0.243 e. The third kappa shape index (κ3) is 23.8. The topological polar surface area (TPSA) is 167 Å². The van der Waals surface area contributed by atoms with Gasteiger partial charge in [-0.2, -0.15) is 0 Å². The first-order valence-corrected chi connectivity index (χ1v) is 16.5. The molecule has 0 saturated heterocycles. The van der Waals surface area contributed by atoms with Gasteiger partial charge < -0.3 is 40.6 Å². The van der Waals surface area contributed by atoms with Gasteiger partial charge in [0.15, 0.2) is 5.78 Å². The maximum absolute atomic E-state index is 13.1.